The zero-order valence-electron chi connectivity index (χ0n) is 10.3. The van der Waals surface area contributed by atoms with Crippen LogP contribution in [0.1, 0.15) is 19.0 Å². The van der Waals surface area contributed by atoms with Gasteiger partial charge in [0.05, 0.1) is 0 Å². The van der Waals surface area contributed by atoms with E-state index in [0.29, 0.717) is 0 Å². The van der Waals surface area contributed by atoms with Gasteiger partial charge in [-0.15, -0.1) is 0 Å². The number of hydrogen-bond acceptors (Lipinski definition) is 3. The van der Waals surface area contributed by atoms with Crippen molar-refractivity contribution in [2.75, 3.05) is 37.6 Å². The van der Waals surface area contributed by atoms with E-state index in [0.717, 1.165) is 12.2 Å². The lowest BCUT2D eigenvalue weighted by molar-refractivity contribution is 0.310. The van der Waals surface area contributed by atoms with Crippen LogP contribution in [0.15, 0.2) is 18.3 Å². The maximum atomic E-state index is 4.25. The number of rotatable bonds is 2. The highest BCUT2D eigenvalue weighted by atomic mass is 15.2. The van der Waals surface area contributed by atoms with Gasteiger partial charge in [-0.2, -0.15) is 0 Å². The van der Waals surface area contributed by atoms with Gasteiger partial charge in [0.15, 0.2) is 0 Å². The monoisotopic (exact) mass is 219 g/mol. The first-order valence-electron chi connectivity index (χ1n) is 6.19. The molecular weight excluding hydrogens is 198 g/mol. The maximum absolute atomic E-state index is 4.25. The number of hydrogen-bond donors (Lipinski definition) is 0. The molecule has 88 valence electrons. The average molecular weight is 219 g/mol. The molecule has 16 heavy (non-hydrogen) atoms. The Morgan fingerprint density at radius 2 is 2.12 bits per heavy atom. The number of pyridine rings is 1. The molecule has 0 radical (unpaired) electrons. The zero-order chi connectivity index (χ0) is 11.4. The van der Waals surface area contributed by atoms with E-state index in [9.17, 15) is 0 Å². The molecule has 0 atom stereocenters. The van der Waals surface area contributed by atoms with Gasteiger partial charge in [0.25, 0.3) is 0 Å². The summed E-state index contributed by atoms with van der Waals surface area (Å²) in [4.78, 5) is 9.25. The summed E-state index contributed by atoms with van der Waals surface area (Å²) in [5.41, 5.74) is 2.43. The Hall–Kier alpha value is -1.09. The minimum absolute atomic E-state index is 1.11. The van der Waals surface area contributed by atoms with E-state index < -0.39 is 0 Å². The second kappa shape index (κ2) is 5.30. The molecule has 0 spiro atoms. The first-order valence-corrected chi connectivity index (χ1v) is 6.19. The van der Waals surface area contributed by atoms with E-state index in [1.807, 2.05) is 6.20 Å². The van der Waals surface area contributed by atoms with E-state index in [-0.39, 0.29) is 0 Å². The predicted molar refractivity (Wildman–Crippen MR) is 67.9 cm³/mol. The van der Waals surface area contributed by atoms with Crippen LogP contribution in [0, 0.1) is 6.92 Å². The second-order valence-electron chi connectivity index (χ2n) is 4.43. The quantitative estimate of drug-likeness (QED) is 0.757. The SMILES string of the molecule is CCN1CCCN(c2ccnc(C)c2)CC1. The van der Waals surface area contributed by atoms with E-state index in [4.69, 9.17) is 0 Å². The fourth-order valence-corrected chi connectivity index (χ4v) is 2.27. The summed E-state index contributed by atoms with van der Waals surface area (Å²) in [6, 6.07) is 4.30. The minimum Gasteiger partial charge on any atom is -0.370 e. The maximum Gasteiger partial charge on any atom is 0.0400 e. The highest BCUT2D eigenvalue weighted by molar-refractivity contribution is 5.46. The van der Waals surface area contributed by atoms with Crippen LogP contribution in [0.25, 0.3) is 0 Å². The van der Waals surface area contributed by atoms with Gasteiger partial charge in [-0.05, 0) is 38.6 Å². The van der Waals surface area contributed by atoms with Crippen LogP contribution in [-0.4, -0.2) is 42.6 Å². The second-order valence-corrected chi connectivity index (χ2v) is 4.43. The van der Waals surface area contributed by atoms with Gasteiger partial charge in [-0.25, -0.2) is 0 Å². The van der Waals surface area contributed by atoms with Gasteiger partial charge in [-0.3, -0.25) is 4.98 Å². The van der Waals surface area contributed by atoms with E-state index >= 15 is 0 Å². The Morgan fingerprint density at radius 3 is 2.88 bits per heavy atom. The fraction of sp³-hybridized carbons (Fsp3) is 0.615. The molecule has 0 aromatic carbocycles. The highest BCUT2D eigenvalue weighted by Crippen LogP contribution is 2.16. The van der Waals surface area contributed by atoms with Crippen LogP contribution in [0.4, 0.5) is 5.69 Å². The summed E-state index contributed by atoms with van der Waals surface area (Å²) in [7, 11) is 0. The number of nitrogens with zero attached hydrogens (tertiary/aromatic N) is 3. The summed E-state index contributed by atoms with van der Waals surface area (Å²) < 4.78 is 0. The average Bonchev–Trinajstić information content (AvgIpc) is 2.54. The fourth-order valence-electron chi connectivity index (χ4n) is 2.27. The van der Waals surface area contributed by atoms with Crippen LogP contribution in [0.5, 0.6) is 0 Å². The molecule has 2 rings (SSSR count). The lowest BCUT2D eigenvalue weighted by Crippen LogP contribution is -2.30. The summed E-state index contributed by atoms with van der Waals surface area (Å²) in [6.07, 6.45) is 3.17. The standard InChI is InChI=1S/C13H21N3/c1-3-15-7-4-8-16(10-9-15)13-5-6-14-12(2)11-13/h5-6,11H,3-4,7-10H2,1-2H3. The van der Waals surface area contributed by atoms with E-state index in [1.54, 1.807) is 0 Å². The number of likely N-dealkylation sites (N-methyl/N-ethyl adjacent to an activating group) is 1. The molecule has 0 unspecified atom stereocenters. The molecule has 0 amide bonds. The molecule has 0 saturated carbocycles. The molecule has 3 nitrogen and oxygen atoms in total. The lowest BCUT2D eigenvalue weighted by Gasteiger charge is -2.23. The molecule has 1 aliphatic rings. The van der Waals surface area contributed by atoms with Gasteiger partial charge < -0.3 is 9.80 Å². The van der Waals surface area contributed by atoms with Gasteiger partial charge in [0.1, 0.15) is 0 Å². The topological polar surface area (TPSA) is 19.4 Å². The van der Waals surface area contributed by atoms with Crippen molar-refractivity contribution in [1.29, 1.82) is 0 Å². The summed E-state index contributed by atoms with van der Waals surface area (Å²) in [5.74, 6) is 0. The van der Waals surface area contributed by atoms with Gasteiger partial charge >= 0.3 is 0 Å². The molecular formula is C13H21N3. The van der Waals surface area contributed by atoms with Crippen molar-refractivity contribution >= 4 is 5.69 Å². The third kappa shape index (κ3) is 2.73. The Labute approximate surface area is 98.1 Å². The molecule has 3 heteroatoms. The zero-order valence-corrected chi connectivity index (χ0v) is 10.3. The Kier molecular flexibility index (Phi) is 3.78. The molecule has 1 saturated heterocycles. The van der Waals surface area contributed by atoms with Crippen molar-refractivity contribution in [3.05, 3.63) is 24.0 Å². The van der Waals surface area contributed by atoms with Crippen molar-refractivity contribution in [3.8, 4) is 0 Å². The third-order valence-electron chi connectivity index (χ3n) is 3.28. The smallest absolute Gasteiger partial charge is 0.0400 e. The first-order chi connectivity index (χ1) is 7.79. The van der Waals surface area contributed by atoms with Gasteiger partial charge in [-0.1, -0.05) is 6.92 Å². The molecule has 2 heterocycles. The van der Waals surface area contributed by atoms with Gasteiger partial charge in [0, 0.05) is 37.2 Å². The Morgan fingerprint density at radius 1 is 1.25 bits per heavy atom. The molecule has 0 aliphatic carbocycles. The predicted octanol–water partition coefficient (Wildman–Crippen LogP) is 1.92. The van der Waals surface area contributed by atoms with Crippen LogP contribution < -0.4 is 4.90 Å². The molecule has 0 bridgehead atoms. The number of aromatic nitrogens is 1. The number of aryl methyl sites for hydroxylation is 1. The van der Waals surface area contributed by atoms with Crippen molar-refractivity contribution in [2.24, 2.45) is 0 Å². The lowest BCUT2D eigenvalue weighted by atomic mass is 10.3. The Balaban J connectivity index is 2.04. The van der Waals surface area contributed by atoms with Crippen LogP contribution in [0.3, 0.4) is 0 Å². The third-order valence-corrected chi connectivity index (χ3v) is 3.28. The summed E-state index contributed by atoms with van der Waals surface area (Å²) in [6.45, 7) is 10.2. The summed E-state index contributed by atoms with van der Waals surface area (Å²) >= 11 is 0. The van der Waals surface area contributed by atoms with Crippen molar-refractivity contribution in [3.63, 3.8) is 0 Å². The van der Waals surface area contributed by atoms with Crippen LogP contribution >= 0.6 is 0 Å². The molecule has 1 aliphatic heterocycles. The van der Waals surface area contributed by atoms with Crippen molar-refractivity contribution in [1.82, 2.24) is 9.88 Å². The molecule has 1 fully saturated rings. The summed E-state index contributed by atoms with van der Waals surface area (Å²) in [5, 5.41) is 0. The first kappa shape index (κ1) is 11.4. The van der Waals surface area contributed by atoms with Crippen LogP contribution in [-0.2, 0) is 0 Å². The molecule has 1 aromatic heterocycles. The minimum atomic E-state index is 1.11. The number of anilines is 1. The molecule has 0 N–H and O–H groups in total. The highest BCUT2D eigenvalue weighted by Gasteiger charge is 2.13. The van der Waals surface area contributed by atoms with E-state index in [1.165, 1.54) is 38.3 Å². The van der Waals surface area contributed by atoms with Gasteiger partial charge in [0.2, 0.25) is 0 Å². The Bertz CT molecular complexity index is 338. The molecule has 1 aromatic rings. The largest absolute Gasteiger partial charge is 0.370 e. The van der Waals surface area contributed by atoms with Crippen molar-refractivity contribution in [2.45, 2.75) is 20.3 Å². The van der Waals surface area contributed by atoms with Crippen LogP contribution in [0.2, 0.25) is 0 Å². The normalized spacial score (nSPS) is 18.5. The van der Waals surface area contributed by atoms with E-state index in [2.05, 4.69) is 40.8 Å². The van der Waals surface area contributed by atoms with Crippen molar-refractivity contribution < 1.29 is 0 Å².